The molecule has 1 aliphatic rings. The van der Waals surface area contributed by atoms with Crippen LogP contribution in [0.1, 0.15) is 34.1 Å². The molecule has 1 rings (SSSR count). The average molecular weight is 231 g/mol. The SMILES string of the molecule is CC(C)(C)OC(=O)N1C[C@H](O)CC1(C)CO. The maximum atomic E-state index is 11.9. The summed E-state index contributed by atoms with van der Waals surface area (Å²) in [7, 11) is 0. The number of likely N-dealkylation sites (tertiary alicyclic amines) is 1. The van der Waals surface area contributed by atoms with Crippen LogP contribution >= 0.6 is 0 Å². The highest BCUT2D eigenvalue weighted by molar-refractivity contribution is 5.69. The second-order valence-electron chi connectivity index (χ2n) is 5.60. The standard InChI is InChI=1S/C11H21NO4/c1-10(2,3)16-9(15)12-6-8(14)5-11(12,4)7-13/h8,13-14H,5-7H2,1-4H3/t8-,11?/m1/s1. The minimum absolute atomic E-state index is 0.177. The van der Waals surface area contributed by atoms with Crippen molar-refractivity contribution in [3.8, 4) is 0 Å². The Labute approximate surface area is 96.0 Å². The van der Waals surface area contributed by atoms with Crippen molar-refractivity contribution in [1.82, 2.24) is 4.90 Å². The van der Waals surface area contributed by atoms with Crippen LogP contribution in [0.15, 0.2) is 0 Å². The molecule has 2 N–H and O–H groups in total. The zero-order valence-electron chi connectivity index (χ0n) is 10.4. The predicted octanol–water partition coefficient (Wildman–Crippen LogP) is 0.739. The lowest BCUT2D eigenvalue weighted by Gasteiger charge is -2.34. The van der Waals surface area contributed by atoms with Gasteiger partial charge >= 0.3 is 6.09 Å². The number of hydrogen-bond acceptors (Lipinski definition) is 4. The Morgan fingerprint density at radius 3 is 2.56 bits per heavy atom. The molecule has 1 aliphatic heterocycles. The number of aliphatic hydroxyl groups is 2. The lowest BCUT2D eigenvalue weighted by Crippen LogP contribution is -2.49. The molecule has 94 valence electrons. The molecular formula is C11H21NO4. The highest BCUT2D eigenvalue weighted by Crippen LogP contribution is 2.30. The van der Waals surface area contributed by atoms with Gasteiger partial charge in [0.1, 0.15) is 5.60 Å². The number of ether oxygens (including phenoxy) is 1. The van der Waals surface area contributed by atoms with Crippen LogP contribution in [0.4, 0.5) is 4.79 Å². The summed E-state index contributed by atoms with van der Waals surface area (Å²) in [6.07, 6.45) is -0.701. The Balaban J connectivity index is 2.75. The summed E-state index contributed by atoms with van der Waals surface area (Å²) in [5.41, 5.74) is -1.29. The first-order valence-electron chi connectivity index (χ1n) is 5.47. The van der Waals surface area contributed by atoms with Crippen LogP contribution in [0.25, 0.3) is 0 Å². The van der Waals surface area contributed by atoms with Gasteiger partial charge in [0.15, 0.2) is 0 Å². The molecule has 0 aromatic rings. The summed E-state index contributed by atoms with van der Waals surface area (Å²) in [6.45, 7) is 7.14. The largest absolute Gasteiger partial charge is 0.444 e. The molecule has 16 heavy (non-hydrogen) atoms. The van der Waals surface area contributed by atoms with Crippen molar-refractivity contribution in [3.63, 3.8) is 0 Å². The molecule has 5 heteroatoms. The van der Waals surface area contributed by atoms with E-state index in [1.807, 2.05) is 0 Å². The van der Waals surface area contributed by atoms with Gasteiger partial charge in [0.2, 0.25) is 0 Å². The Bertz CT molecular complexity index is 274. The fraction of sp³-hybridized carbons (Fsp3) is 0.909. The maximum Gasteiger partial charge on any atom is 0.410 e. The molecular weight excluding hydrogens is 210 g/mol. The zero-order chi connectivity index (χ0) is 12.6. The molecule has 1 fully saturated rings. The normalized spacial score (nSPS) is 30.6. The van der Waals surface area contributed by atoms with Gasteiger partial charge in [-0.2, -0.15) is 0 Å². The van der Waals surface area contributed by atoms with Gasteiger partial charge in [0, 0.05) is 6.42 Å². The Morgan fingerprint density at radius 2 is 2.12 bits per heavy atom. The van der Waals surface area contributed by atoms with E-state index >= 15 is 0 Å². The van der Waals surface area contributed by atoms with E-state index in [-0.39, 0.29) is 13.2 Å². The van der Waals surface area contributed by atoms with Crippen molar-refractivity contribution >= 4 is 6.09 Å². The van der Waals surface area contributed by atoms with Crippen molar-refractivity contribution in [2.75, 3.05) is 13.2 Å². The second kappa shape index (κ2) is 4.22. The van der Waals surface area contributed by atoms with Gasteiger partial charge in [-0.3, -0.25) is 4.90 Å². The molecule has 1 unspecified atom stereocenters. The molecule has 0 bridgehead atoms. The fourth-order valence-electron chi connectivity index (χ4n) is 1.88. The third-order valence-electron chi connectivity index (χ3n) is 2.67. The van der Waals surface area contributed by atoms with Crippen LogP contribution in [-0.4, -0.2) is 51.6 Å². The Morgan fingerprint density at radius 1 is 1.56 bits per heavy atom. The van der Waals surface area contributed by atoms with Gasteiger partial charge in [-0.05, 0) is 27.7 Å². The van der Waals surface area contributed by atoms with Crippen LogP contribution in [0, 0.1) is 0 Å². The predicted molar refractivity (Wildman–Crippen MR) is 59.1 cm³/mol. The third kappa shape index (κ3) is 2.86. The van der Waals surface area contributed by atoms with Gasteiger partial charge in [0.05, 0.1) is 24.8 Å². The number of amides is 1. The number of carbonyl (C=O) groups is 1. The molecule has 0 aliphatic carbocycles. The minimum atomic E-state index is -0.720. The molecule has 0 aromatic heterocycles. The molecule has 0 spiro atoms. The number of nitrogens with zero attached hydrogens (tertiary/aromatic N) is 1. The van der Waals surface area contributed by atoms with E-state index in [0.717, 1.165) is 0 Å². The fourth-order valence-corrected chi connectivity index (χ4v) is 1.88. The van der Waals surface area contributed by atoms with Gasteiger partial charge < -0.3 is 14.9 Å². The summed E-state index contributed by atoms with van der Waals surface area (Å²) in [5, 5.41) is 18.9. The maximum absolute atomic E-state index is 11.9. The summed E-state index contributed by atoms with van der Waals surface area (Å²) in [4.78, 5) is 13.3. The van der Waals surface area contributed by atoms with E-state index in [1.54, 1.807) is 27.7 Å². The average Bonchev–Trinajstić information content (AvgIpc) is 2.40. The number of carbonyl (C=O) groups excluding carboxylic acids is 1. The van der Waals surface area contributed by atoms with Crippen molar-refractivity contribution < 1.29 is 19.7 Å². The van der Waals surface area contributed by atoms with Crippen molar-refractivity contribution in [1.29, 1.82) is 0 Å². The van der Waals surface area contributed by atoms with Crippen LogP contribution in [0.2, 0.25) is 0 Å². The molecule has 0 aromatic carbocycles. The quantitative estimate of drug-likeness (QED) is 0.698. The van der Waals surface area contributed by atoms with Crippen molar-refractivity contribution in [3.05, 3.63) is 0 Å². The van der Waals surface area contributed by atoms with Crippen LogP contribution in [-0.2, 0) is 4.74 Å². The lowest BCUT2D eigenvalue weighted by atomic mass is 10.00. The first-order valence-corrected chi connectivity index (χ1v) is 5.47. The van der Waals surface area contributed by atoms with Gasteiger partial charge in [-0.1, -0.05) is 0 Å². The summed E-state index contributed by atoms with van der Waals surface area (Å²) < 4.78 is 5.23. The third-order valence-corrected chi connectivity index (χ3v) is 2.67. The van der Waals surface area contributed by atoms with Crippen molar-refractivity contribution in [2.24, 2.45) is 0 Å². The summed E-state index contributed by atoms with van der Waals surface area (Å²) >= 11 is 0. The van der Waals surface area contributed by atoms with Crippen LogP contribution in [0.5, 0.6) is 0 Å². The first kappa shape index (κ1) is 13.3. The van der Waals surface area contributed by atoms with Crippen LogP contribution in [0.3, 0.4) is 0 Å². The summed E-state index contributed by atoms with van der Waals surface area (Å²) in [5.74, 6) is 0. The zero-order valence-corrected chi connectivity index (χ0v) is 10.4. The number of hydrogen-bond donors (Lipinski definition) is 2. The van der Waals surface area contributed by atoms with E-state index < -0.39 is 23.3 Å². The highest BCUT2D eigenvalue weighted by atomic mass is 16.6. The monoisotopic (exact) mass is 231 g/mol. The van der Waals surface area contributed by atoms with Gasteiger partial charge in [-0.25, -0.2) is 4.79 Å². The molecule has 0 radical (unpaired) electrons. The molecule has 1 saturated heterocycles. The molecule has 1 amide bonds. The van der Waals surface area contributed by atoms with E-state index in [1.165, 1.54) is 4.90 Å². The minimum Gasteiger partial charge on any atom is -0.444 e. The van der Waals surface area contributed by atoms with E-state index in [2.05, 4.69) is 0 Å². The number of β-amino-alcohol motifs (C(OH)–C–C–N with tert-alkyl or cyclic N) is 1. The Kier molecular flexibility index (Phi) is 3.50. The lowest BCUT2D eigenvalue weighted by molar-refractivity contribution is -0.000401. The molecule has 1 heterocycles. The van der Waals surface area contributed by atoms with Gasteiger partial charge in [-0.15, -0.1) is 0 Å². The number of rotatable bonds is 1. The summed E-state index contributed by atoms with van der Waals surface area (Å²) in [6, 6.07) is 0. The Hall–Kier alpha value is -0.810. The van der Waals surface area contributed by atoms with E-state index in [0.29, 0.717) is 6.42 Å². The smallest absolute Gasteiger partial charge is 0.410 e. The first-order chi connectivity index (χ1) is 7.18. The second-order valence-corrected chi connectivity index (χ2v) is 5.60. The molecule has 0 saturated carbocycles. The topological polar surface area (TPSA) is 70.0 Å². The highest BCUT2D eigenvalue weighted by Gasteiger charge is 2.45. The van der Waals surface area contributed by atoms with E-state index in [4.69, 9.17) is 4.74 Å². The number of aliphatic hydroxyl groups excluding tert-OH is 2. The molecule has 2 atom stereocenters. The van der Waals surface area contributed by atoms with Crippen molar-refractivity contribution in [2.45, 2.75) is 51.4 Å². The molecule has 5 nitrogen and oxygen atoms in total. The van der Waals surface area contributed by atoms with Gasteiger partial charge in [0.25, 0.3) is 0 Å². The van der Waals surface area contributed by atoms with E-state index in [9.17, 15) is 15.0 Å². The van der Waals surface area contributed by atoms with Crippen LogP contribution < -0.4 is 0 Å².